The summed E-state index contributed by atoms with van der Waals surface area (Å²) in [7, 11) is 1.98. The highest BCUT2D eigenvalue weighted by molar-refractivity contribution is 5.17. The lowest BCUT2D eigenvalue weighted by Crippen LogP contribution is -2.27. The van der Waals surface area contributed by atoms with Crippen LogP contribution in [0.15, 0.2) is 24.3 Å². The third kappa shape index (κ3) is 4.31. The quantitative estimate of drug-likeness (QED) is 0.779. The number of halogens is 1. The van der Waals surface area contributed by atoms with Crippen LogP contribution >= 0.6 is 0 Å². The van der Waals surface area contributed by atoms with Crippen LogP contribution in [0.25, 0.3) is 0 Å². The maximum Gasteiger partial charge on any atom is 0.126 e. The lowest BCUT2D eigenvalue weighted by Gasteiger charge is -2.18. The molecule has 1 aromatic rings. The van der Waals surface area contributed by atoms with E-state index in [4.69, 9.17) is 0 Å². The molecule has 0 spiro atoms. The lowest BCUT2D eigenvalue weighted by molar-refractivity contribution is 0.419. The molecule has 2 heteroatoms. The Morgan fingerprint density at radius 3 is 2.50 bits per heavy atom. The van der Waals surface area contributed by atoms with Gasteiger partial charge in [-0.3, -0.25) is 0 Å². The first-order valence-corrected chi connectivity index (χ1v) is 6.04. The highest BCUT2D eigenvalue weighted by Crippen LogP contribution is 2.13. The summed E-state index contributed by atoms with van der Waals surface area (Å²) in [6.45, 7) is 4.43. The van der Waals surface area contributed by atoms with E-state index in [1.54, 1.807) is 6.07 Å². The van der Waals surface area contributed by atoms with Gasteiger partial charge in [-0.05, 0) is 43.9 Å². The number of aryl methyl sites for hydroxylation is 1. The summed E-state index contributed by atoms with van der Waals surface area (Å²) in [5, 5.41) is 3.30. The Balaban J connectivity index is 2.46. The first kappa shape index (κ1) is 13.2. The SMILES string of the molecule is CNC(CCc1ccccc1F)CC(C)C. The fourth-order valence-corrected chi connectivity index (χ4v) is 1.98. The Morgan fingerprint density at radius 1 is 1.25 bits per heavy atom. The van der Waals surface area contributed by atoms with E-state index < -0.39 is 0 Å². The third-order valence-electron chi connectivity index (χ3n) is 2.88. The maximum absolute atomic E-state index is 13.4. The van der Waals surface area contributed by atoms with Gasteiger partial charge in [-0.25, -0.2) is 4.39 Å². The highest BCUT2D eigenvalue weighted by atomic mass is 19.1. The fraction of sp³-hybridized carbons (Fsp3) is 0.571. The van der Waals surface area contributed by atoms with E-state index in [1.807, 2.05) is 19.2 Å². The zero-order valence-corrected chi connectivity index (χ0v) is 10.5. The Bertz CT molecular complexity index is 309. The molecule has 0 aliphatic rings. The molecule has 0 amide bonds. The van der Waals surface area contributed by atoms with Crippen molar-refractivity contribution in [3.05, 3.63) is 35.6 Å². The van der Waals surface area contributed by atoms with E-state index in [0.29, 0.717) is 12.0 Å². The van der Waals surface area contributed by atoms with Crippen LogP contribution in [0.1, 0.15) is 32.3 Å². The predicted molar refractivity (Wildman–Crippen MR) is 67.0 cm³/mol. The van der Waals surface area contributed by atoms with E-state index >= 15 is 0 Å². The molecule has 16 heavy (non-hydrogen) atoms. The average molecular weight is 223 g/mol. The molecule has 1 N–H and O–H groups in total. The molecule has 1 nitrogen and oxygen atoms in total. The first-order chi connectivity index (χ1) is 7.63. The molecule has 90 valence electrons. The lowest BCUT2D eigenvalue weighted by atomic mass is 9.97. The van der Waals surface area contributed by atoms with Crippen LogP contribution in [0, 0.1) is 11.7 Å². The van der Waals surface area contributed by atoms with Gasteiger partial charge >= 0.3 is 0 Å². The van der Waals surface area contributed by atoms with Crippen molar-refractivity contribution in [3.63, 3.8) is 0 Å². The maximum atomic E-state index is 13.4. The number of hydrogen-bond donors (Lipinski definition) is 1. The fourth-order valence-electron chi connectivity index (χ4n) is 1.98. The number of benzene rings is 1. The minimum absolute atomic E-state index is 0.0816. The molecule has 1 unspecified atom stereocenters. The van der Waals surface area contributed by atoms with Crippen LogP contribution < -0.4 is 5.32 Å². The van der Waals surface area contributed by atoms with Crippen LogP contribution in [0.4, 0.5) is 4.39 Å². The molecule has 0 radical (unpaired) electrons. The van der Waals surface area contributed by atoms with Gasteiger partial charge in [0.25, 0.3) is 0 Å². The van der Waals surface area contributed by atoms with Crippen molar-refractivity contribution in [1.29, 1.82) is 0 Å². The molecule has 0 aliphatic carbocycles. The summed E-state index contributed by atoms with van der Waals surface area (Å²) in [6, 6.07) is 7.53. The second-order valence-corrected chi connectivity index (χ2v) is 4.75. The molecule has 1 atom stereocenters. The van der Waals surface area contributed by atoms with E-state index in [9.17, 15) is 4.39 Å². The topological polar surface area (TPSA) is 12.0 Å². The van der Waals surface area contributed by atoms with Gasteiger partial charge in [0.2, 0.25) is 0 Å². The van der Waals surface area contributed by atoms with Gasteiger partial charge in [-0.2, -0.15) is 0 Å². The third-order valence-corrected chi connectivity index (χ3v) is 2.88. The van der Waals surface area contributed by atoms with E-state index in [1.165, 1.54) is 6.07 Å². The van der Waals surface area contributed by atoms with Crippen molar-refractivity contribution >= 4 is 0 Å². The average Bonchev–Trinajstić information content (AvgIpc) is 2.25. The number of rotatable bonds is 6. The summed E-state index contributed by atoms with van der Waals surface area (Å²) < 4.78 is 13.4. The molecular weight excluding hydrogens is 201 g/mol. The van der Waals surface area contributed by atoms with E-state index in [0.717, 1.165) is 24.8 Å². The van der Waals surface area contributed by atoms with Gasteiger partial charge in [0.1, 0.15) is 5.82 Å². The molecule has 0 fully saturated rings. The molecule has 0 aliphatic heterocycles. The van der Waals surface area contributed by atoms with Crippen molar-refractivity contribution in [2.24, 2.45) is 5.92 Å². The Hall–Kier alpha value is -0.890. The molecule has 1 aromatic carbocycles. The van der Waals surface area contributed by atoms with Crippen LogP contribution in [-0.2, 0) is 6.42 Å². The Kier molecular flexibility index (Phi) is 5.47. The first-order valence-electron chi connectivity index (χ1n) is 6.04. The van der Waals surface area contributed by atoms with Crippen LogP contribution in [0.5, 0.6) is 0 Å². The molecule has 0 saturated carbocycles. The van der Waals surface area contributed by atoms with Gasteiger partial charge in [0, 0.05) is 6.04 Å². The number of nitrogens with one attached hydrogen (secondary N) is 1. The molecule has 0 heterocycles. The Labute approximate surface area is 98.1 Å². The smallest absolute Gasteiger partial charge is 0.126 e. The van der Waals surface area contributed by atoms with Gasteiger partial charge < -0.3 is 5.32 Å². The van der Waals surface area contributed by atoms with E-state index in [-0.39, 0.29) is 5.82 Å². The molecule has 0 bridgehead atoms. The summed E-state index contributed by atoms with van der Waals surface area (Å²) in [5.41, 5.74) is 0.825. The highest BCUT2D eigenvalue weighted by Gasteiger charge is 2.09. The zero-order valence-electron chi connectivity index (χ0n) is 10.5. The zero-order chi connectivity index (χ0) is 12.0. The van der Waals surface area contributed by atoms with Crippen LogP contribution in [0.2, 0.25) is 0 Å². The van der Waals surface area contributed by atoms with Gasteiger partial charge in [-0.1, -0.05) is 32.0 Å². The molecule has 0 aromatic heterocycles. The van der Waals surface area contributed by atoms with Crippen molar-refractivity contribution < 1.29 is 4.39 Å². The Morgan fingerprint density at radius 2 is 1.94 bits per heavy atom. The van der Waals surface area contributed by atoms with Crippen molar-refractivity contribution in [2.75, 3.05) is 7.05 Å². The summed E-state index contributed by atoms with van der Waals surface area (Å²) in [6.07, 6.45) is 2.95. The molecule has 1 rings (SSSR count). The van der Waals surface area contributed by atoms with Crippen LogP contribution in [0.3, 0.4) is 0 Å². The predicted octanol–water partition coefficient (Wildman–Crippen LogP) is 3.39. The normalized spacial score (nSPS) is 13.1. The largest absolute Gasteiger partial charge is 0.317 e. The van der Waals surface area contributed by atoms with Crippen molar-refractivity contribution in [3.8, 4) is 0 Å². The number of hydrogen-bond acceptors (Lipinski definition) is 1. The van der Waals surface area contributed by atoms with Gasteiger partial charge in [0.15, 0.2) is 0 Å². The van der Waals surface area contributed by atoms with Crippen LogP contribution in [-0.4, -0.2) is 13.1 Å². The van der Waals surface area contributed by atoms with Crippen molar-refractivity contribution in [2.45, 2.75) is 39.2 Å². The van der Waals surface area contributed by atoms with Gasteiger partial charge in [-0.15, -0.1) is 0 Å². The minimum Gasteiger partial charge on any atom is -0.317 e. The standard InChI is InChI=1S/C14H22FN/c1-11(2)10-13(16-3)9-8-12-6-4-5-7-14(12)15/h4-7,11,13,16H,8-10H2,1-3H3. The minimum atomic E-state index is -0.0816. The summed E-state index contributed by atoms with van der Waals surface area (Å²) in [5.74, 6) is 0.597. The molecular formula is C14H22FN. The second kappa shape index (κ2) is 6.64. The molecule has 0 saturated heterocycles. The van der Waals surface area contributed by atoms with E-state index in [2.05, 4.69) is 19.2 Å². The van der Waals surface area contributed by atoms with Gasteiger partial charge in [0.05, 0.1) is 0 Å². The summed E-state index contributed by atoms with van der Waals surface area (Å²) in [4.78, 5) is 0. The summed E-state index contributed by atoms with van der Waals surface area (Å²) >= 11 is 0. The second-order valence-electron chi connectivity index (χ2n) is 4.75. The van der Waals surface area contributed by atoms with Crippen molar-refractivity contribution in [1.82, 2.24) is 5.32 Å². The monoisotopic (exact) mass is 223 g/mol.